The highest BCUT2D eigenvalue weighted by Crippen LogP contribution is 2.27. The number of rotatable bonds is 2. The van der Waals surface area contributed by atoms with Crippen molar-refractivity contribution >= 4 is 12.4 Å². The van der Waals surface area contributed by atoms with Crippen LogP contribution in [-0.4, -0.2) is 43.3 Å². The minimum atomic E-state index is 0. The highest BCUT2D eigenvalue weighted by atomic mass is 35.5. The lowest BCUT2D eigenvalue weighted by atomic mass is 10.2. The summed E-state index contributed by atoms with van der Waals surface area (Å²) in [6.45, 7) is 3.71. The van der Waals surface area contributed by atoms with Crippen LogP contribution in [-0.2, 0) is 4.74 Å². The Morgan fingerprint density at radius 2 is 2.17 bits per heavy atom. The van der Waals surface area contributed by atoms with Crippen molar-refractivity contribution < 1.29 is 4.74 Å². The molecule has 0 aromatic carbocycles. The first-order chi connectivity index (χ1) is 5.40. The highest BCUT2D eigenvalue weighted by Gasteiger charge is 2.32. The molecule has 4 heteroatoms. The van der Waals surface area contributed by atoms with Crippen LogP contribution in [0.15, 0.2) is 0 Å². The number of hydrogen-bond acceptors (Lipinski definition) is 3. The van der Waals surface area contributed by atoms with Crippen molar-refractivity contribution in [2.75, 3.05) is 26.2 Å². The average molecular weight is 193 g/mol. The molecule has 2 N–H and O–H groups in total. The first kappa shape index (κ1) is 10.3. The minimum Gasteiger partial charge on any atom is -0.374 e. The van der Waals surface area contributed by atoms with Crippen LogP contribution in [0.25, 0.3) is 0 Å². The van der Waals surface area contributed by atoms with Gasteiger partial charge >= 0.3 is 0 Å². The minimum absolute atomic E-state index is 0. The van der Waals surface area contributed by atoms with Gasteiger partial charge in [-0.2, -0.15) is 0 Å². The molecule has 1 aliphatic carbocycles. The van der Waals surface area contributed by atoms with Crippen molar-refractivity contribution in [3.8, 4) is 0 Å². The lowest BCUT2D eigenvalue weighted by Gasteiger charge is -2.32. The lowest BCUT2D eigenvalue weighted by molar-refractivity contribution is -0.0261. The van der Waals surface area contributed by atoms with Crippen LogP contribution >= 0.6 is 12.4 Å². The molecule has 2 fully saturated rings. The molecule has 0 amide bonds. The van der Waals surface area contributed by atoms with Crippen LogP contribution < -0.4 is 5.73 Å². The third-order valence-electron chi connectivity index (χ3n) is 2.50. The molecule has 0 aromatic rings. The molecule has 0 unspecified atom stereocenters. The SMILES string of the molecule is Cl.NC[C@H]1CN(C2CC2)CCO1. The van der Waals surface area contributed by atoms with Gasteiger partial charge in [-0.25, -0.2) is 0 Å². The third kappa shape index (κ3) is 2.33. The fourth-order valence-corrected chi connectivity index (χ4v) is 1.66. The Labute approximate surface area is 79.6 Å². The summed E-state index contributed by atoms with van der Waals surface area (Å²) >= 11 is 0. The molecule has 2 aliphatic rings. The van der Waals surface area contributed by atoms with E-state index in [4.69, 9.17) is 10.5 Å². The number of nitrogens with two attached hydrogens (primary N) is 1. The van der Waals surface area contributed by atoms with Crippen molar-refractivity contribution in [3.05, 3.63) is 0 Å². The zero-order chi connectivity index (χ0) is 7.68. The highest BCUT2D eigenvalue weighted by molar-refractivity contribution is 5.85. The summed E-state index contributed by atoms with van der Waals surface area (Å²) in [6.07, 6.45) is 3.07. The van der Waals surface area contributed by atoms with Crippen LogP contribution in [0.3, 0.4) is 0 Å². The zero-order valence-corrected chi connectivity index (χ0v) is 8.05. The van der Waals surface area contributed by atoms with Crippen LogP contribution in [0, 0.1) is 0 Å². The number of ether oxygens (including phenoxy) is 1. The van der Waals surface area contributed by atoms with E-state index in [1.54, 1.807) is 0 Å². The number of nitrogens with zero attached hydrogens (tertiary/aromatic N) is 1. The van der Waals surface area contributed by atoms with E-state index in [1.165, 1.54) is 12.8 Å². The average Bonchev–Trinajstić information content (AvgIpc) is 2.87. The number of halogens is 1. The normalized spacial score (nSPS) is 31.2. The Morgan fingerprint density at radius 3 is 2.75 bits per heavy atom. The Morgan fingerprint density at radius 1 is 1.42 bits per heavy atom. The second-order valence-electron chi connectivity index (χ2n) is 3.45. The zero-order valence-electron chi connectivity index (χ0n) is 7.24. The van der Waals surface area contributed by atoms with Crippen LogP contribution in [0.5, 0.6) is 0 Å². The first-order valence-electron chi connectivity index (χ1n) is 4.46. The first-order valence-corrected chi connectivity index (χ1v) is 4.46. The van der Waals surface area contributed by atoms with Gasteiger partial charge in [-0.1, -0.05) is 0 Å². The predicted molar refractivity (Wildman–Crippen MR) is 50.6 cm³/mol. The van der Waals surface area contributed by atoms with Gasteiger partial charge in [0.1, 0.15) is 0 Å². The maximum atomic E-state index is 5.53. The summed E-state index contributed by atoms with van der Waals surface area (Å²) in [6, 6.07) is 0.868. The maximum absolute atomic E-state index is 5.53. The molecule has 0 spiro atoms. The van der Waals surface area contributed by atoms with Gasteiger partial charge in [-0.3, -0.25) is 4.90 Å². The van der Waals surface area contributed by atoms with Gasteiger partial charge in [0.2, 0.25) is 0 Å². The second-order valence-corrected chi connectivity index (χ2v) is 3.45. The van der Waals surface area contributed by atoms with Gasteiger partial charge in [0.25, 0.3) is 0 Å². The maximum Gasteiger partial charge on any atom is 0.0824 e. The summed E-state index contributed by atoms with van der Waals surface area (Å²) in [7, 11) is 0. The summed E-state index contributed by atoms with van der Waals surface area (Å²) in [4.78, 5) is 2.51. The molecule has 1 aliphatic heterocycles. The van der Waals surface area contributed by atoms with Gasteiger partial charge in [0.05, 0.1) is 12.7 Å². The van der Waals surface area contributed by atoms with E-state index in [2.05, 4.69) is 4.90 Å². The van der Waals surface area contributed by atoms with Gasteiger partial charge in [-0.15, -0.1) is 12.4 Å². The number of morpholine rings is 1. The predicted octanol–water partition coefficient (Wildman–Crippen LogP) is 0.230. The molecule has 1 saturated carbocycles. The smallest absolute Gasteiger partial charge is 0.0824 e. The summed E-state index contributed by atoms with van der Waals surface area (Å²) in [5.41, 5.74) is 5.53. The van der Waals surface area contributed by atoms with Gasteiger partial charge in [0, 0.05) is 25.7 Å². The van der Waals surface area contributed by atoms with E-state index < -0.39 is 0 Å². The van der Waals surface area contributed by atoms with Crippen LogP contribution in [0.4, 0.5) is 0 Å². The molecule has 1 heterocycles. The van der Waals surface area contributed by atoms with E-state index in [9.17, 15) is 0 Å². The molecule has 2 rings (SSSR count). The standard InChI is InChI=1S/C8H16N2O.ClH/c9-5-8-6-10(3-4-11-8)7-1-2-7;/h7-8H,1-6,9H2;1H/t8-;/m0./s1. The summed E-state index contributed by atoms with van der Waals surface area (Å²) in [5.74, 6) is 0. The Balaban J connectivity index is 0.000000720. The second kappa shape index (κ2) is 4.42. The van der Waals surface area contributed by atoms with E-state index in [1.807, 2.05) is 0 Å². The Hall–Kier alpha value is 0.170. The van der Waals surface area contributed by atoms with Gasteiger partial charge in [0.15, 0.2) is 0 Å². The van der Waals surface area contributed by atoms with Crippen molar-refractivity contribution in [1.82, 2.24) is 4.90 Å². The van der Waals surface area contributed by atoms with Gasteiger partial charge in [-0.05, 0) is 12.8 Å². The van der Waals surface area contributed by atoms with E-state index in [0.717, 1.165) is 25.7 Å². The Kier molecular flexibility index (Phi) is 3.77. The fourth-order valence-electron chi connectivity index (χ4n) is 1.66. The fraction of sp³-hybridized carbons (Fsp3) is 1.00. The number of hydrogen-bond donors (Lipinski definition) is 1. The molecule has 12 heavy (non-hydrogen) atoms. The molecular formula is C8H17ClN2O. The molecule has 0 bridgehead atoms. The van der Waals surface area contributed by atoms with E-state index in [-0.39, 0.29) is 12.4 Å². The van der Waals surface area contributed by atoms with E-state index in [0.29, 0.717) is 12.6 Å². The monoisotopic (exact) mass is 192 g/mol. The van der Waals surface area contributed by atoms with E-state index >= 15 is 0 Å². The molecule has 1 saturated heterocycles. The van der Waals surface area contributed by atoms with Crippen LogP contribution in [0.2, 0.25) is 0 Å². The quantitative estimate of drug-likeness (QED) is 0.681. The molecule has 3 nitrogen and oxygen atoms in total. The third-order valence-corrected chi connectivity index (χ3v) is 2.50. The molecule has 0 aromatic heterocycles. The molecule has 1 atom stereocenters. The summed E-state index contributed by atoms with van der Waals surface area (Å²) in [5, 5.41) is 0. The molecular weight excluding hydrogens is 176 g/mol. The van der Waals surface area contributed by atoms with Crippen molar-refractivity contribution in [1.29, 1.82) is 0 Å². The molecule has 72 valence electrons. The molecule has 0 radical (unpaired) electrons. The van der Waals surface area contributed by atoms with Gasteiger partial charge < -0.3 is 10.5 Å². The van der Waals surface area contributed by atoms with Crippen molar-refractivity contribution in [3.63, 3.8) is 0 Å². The topological polar surface area (TPSA) is 38.5 Å². The Bertz CT molecular complexity index is 141. The van der Waals surface area contributed by atoms with Crippen molar-refractivity contribution in [2.24, 2.45) is 5.73 Å². The lowest BCUT2D eigenvalue weighted by Crippen LogP contribution is -2.46. The summed E-state index contributed by atoms with van der Waals surface area (Å²) < 4.78 is 5.47. The van der Waals surface area contributed by atoms with Crippen molar-refractivity contribution in [2.45, 2.75) is 25.0 Å². The van der Waals surface area contributed by atoms with Crippen LogP contribution in [0.1, 0.15) is 12.8 Å². The largest absolute Gasteiger partial charge is 0.374 e.